The number of hydrogen-bond acceptors (Lipinski definition) is 3. The van der Waals surface area contributed by atoms with Gasteiger partial charge in [-0.2, -0.15) is 0 Å². The first-order valence-electron chi connectivity index (χ1n) is 11.2. The fraction of sp³-hybridized carbons (Fsp3) is 0.520. The molecule has 1 saturated carbocycles. The summed E-state index contributed by atoms with van der Waals surface area (Å²) in [6, 6.07) is 10.4. The van der Waals surface area contributed by atoms with Crippen molar-refractivity contribution < 1.29 is 14.0 Å². The van der Waals surface area contributed by atoms with E-state index in [4.69, 9.17) is 0 Å². The lowest BCUT2D eigenvalue weighted by Gasteiger charge is -2.34. The van der Waals surface area contributed by atoms with Crippen LogP contribution in [-0.4, -0.2) is 34.7 Å². The SMILES string of the molecule is CC[C@@H](C)CN(CC(=O)N(Cc1ccc(F)cc1)Cc1ccc(C)s1)C(=O)C1CCC1. The Labute approximate surface area is 189 Å². The van der Waals surface area contributed by atoms with E-state index in [9.17, 15) is 14.0 Å². The molecule has 168 valence electrons. The highest BCUT2D eigenvalue weighted by Crippen LogP contribution is 2.29. The predicted molar refractivity (Wildman–Crippen MR) is 123 cm³/mol. The van der Waals surface area contributed by atoms with E-state index in [0.29, 0.717) is 25.6 Å². The Morgan fingerprint density at radius 1 is 1.10 bits per heavy atom. The smallest absolute Gasteiger partial charge is 0.242 e. The maximum absolute atomic E-state index is 13.4. The van der Waals surface area contributed by atoms with Crippen LogP contribution in [0.5, 0.6) is 0 Å². The van der Waals surface area contributed by atoms with Gasteiger partial charge in [0.05, 0.1) is 13.1 Å². The first-order chi connectivity index (χ1) is 14.9. The molecule has 1 aliphatic rings. The summed E-state index contributed by atoms with van der Waals surface area (Å²) in [5, 5.41) is 0. The largest absolute Gasteiger partial charge is 0.333 e. The number of carbonyl (C=O) groups is 2. The van der Waals surface area contributed by atoms with Crippen molar-refractivity contribution in [2.45, 2.75) is 59.5 Å². The normalized spacial score (nSPS) is 14.7. The number of thiophene rings is 1. The molecule has 6 heteroatoms. The molecule has 0 saturated heterocycles. The standard InChI is InChI=1S/C25H33FN2O2S/c1-4-18(2)14-28(25(30)21-6-5-7-21)17-24(29)27(16-23-13-8-19(3)31-23)15-20-9-11-22(26)12-10-20/h8-13,18,21H,4-7,14-17H2,1-3H3/t18-/m1/s1. The Morgan fingerprint density at radius 3 is 2.35 bits per heavy atom. The second kappa shape index (κ2) is 10.9. The molecule has 1 atom stereocenters. The summed E-state index contributed by atoms with van der Waals surface area (Å²) in [6.45, 7) is 7.87. The minimum Gasteiger partial charge on any atom is -0.333 e. The topological polar surface area (TPSA) is 40.6 Å². The first kappa shape index (κ1) is 23.5. The Hall–Kier alpha value is -2.21. The average molecular weight is 445 g/mol. The van der Waals surface area contributed by atoms with Gasteiger partial charge in [0.25, 0.3) is 0 Å². The molecule has 0 radical (unpaired) electrons. The van der Waals surface area contributed by atoms with Gasteiger partial charge in [0, 0.05) is 28.8 Å². The summed E-state index contributed by atoms with van der Waals surface area (Å²) in [4.78, 5) is 32.3. The minimum absolute atomic E-state index is 0.0636. The highest BCUT2D eigenvalue weighted by atomic mass is 32.1. The first-order valence-corrected chi connectivity index (χ1v) is 12.0. The van der Waals surface area contributed by atoms with Crippen molar-refractivity contribution in [1.82, 2.24) is 9.80 Å². The molecule has 1 heterocycles. The predicted octanol–water partition coefficient (Wildman–Crippen LogP) is 5.40. The number of halogens is 1. The van der Waals surface area contributed by atoms with Gasteiger partial charge in [-0.25, -0.2) is 4.39 Å². The number of rotatable bonds is 10. The van der Waals surface area contributed by atoms with Gasteiger partial charge in [0.1, 0.15) is 5.82 Å². The third kappa shape index (κ3) is 6.63. The van der Waals surface area contributed by atoms with E-state index < -0.39 is 0 Å². The van der Waals surface area contributed by atoms with Gasteiger partial charge in [0.2, 0.25) is 11.8 Å². The molecular formula is C25H33FN2O2S. The van der Waals surface area contributed by atoms with E-state index in [1.807, 2.05) is 13.0 Å². The van der Waals surface area contributed by atoms with Crippen LogP contribution < -0.4 is 0 Å². The van der Waals surface area contributed by atoms with Gasteiger partial charge in [-0.05, 0) is 55.5 Å². The van der Waals surface area contributed by atoms with Gasteiger partial charge < -0.3 is 9.80 Å². The molecule has 2 aromatic rings. The summed E-state index contributed by atoms with van der Waals surface area (Å²) >= 11 is 1.67. The molecule has 4 nitrogen and oxygen atoms in total. The van der Waals surface area contributed by atoms with E-state index in [2.05, 4.69) is 19.9 Å². The Bertz CT molecular complexity index is 876. The lowest BCUT2D eigenvalue weighted by atomic mass is 9.84. The highest BCUT2D eigenvalue weighted by Gasteiger charge is 2.32. The zero-order valence-corrected chi connectivity index (χ0v) is 19.6. The maximum atomic E-state index is 13.4. The van der Waals surface area contributed by atoms with Crippen molar-refractivity contribution in [3.05, 3.63) is 57.5 Å². The molecular weight excluding hydrogens is 411 g/mol. The van der Waals surface area contributed by atoms with Crippen molar-refractivity contribution in [2.75, 3.05) is 13.1 Å². The van der Waals surface area contributed by atoms with E-state index >= 15 is 0 Å². The second-order valence-corrected chi connectivity index (χ2v) is 10.1. The molecule has 31 heavy (non-hydrogen) atoms. The van der Waals surface area contributed by atoms with Crippen LogP contribution in [0.4, 0.5) is 4.39 Å². The van der Waals surface area contributed by atoms with E-state index in [0.717, 1.165) is 36.1 Å². The Morgan fingerprint density at radius 2 is 1.81 bits per heavy atom. The van der Waals surface area contributed by atoms with Crippen LogP contribution in [0, 0.1) is 24.6 Å². The van der Waals surface area contributed by atoms with Crippen molar-refractivity contribution >= 4 is 23.2 Å². The maximum Gasteiger partial charge on any atom is 0.242 e. The van der Waals surface area contributed by atoms with Crippen LogP contribution in [0.1, 0.15) is 54.8 Å². The fourth-order valence-corrected chi connectivity index (χ4v) is 4.62. The van der Waals surface area contributed by atoms with Crippen molar-refractivity contribution in [3.8, 4) is 0 Å². The number of nitrogens with zero attached hydrogens (tertiary/aromatic N) is 2. The molecule has 1 aliphatic carbocycles. The fourth-order valence-electron chi connectivity index (χ4n) is 3.72. The molecule has 0 unspecified atom stereocenters. The third-order valence-corrected chi connectivity index (χ3v) is 7.09. The Kier molecular flexibility index (Phi) is 8.24. The quantitative estimate of drug-likeness (QED) is 0.492. The molecule has 1 aromatic heterocycles. The molecule has 0 N–H and O–H groups in total. The van der Waals surface area contributed by atoms with Crippen LogP contribution in [0.25, 0.3) is 0 Å². The van der Waals surface area contributed by atoms with Gasteiger partial charge >= 0.3 is 0 Å². The molecule has 1 fully saturated rings. The Balaban J connectivity index is 1.76. The van der Waals surface area contributed by atoms with Gasteiger partial charge in [-0.1, -0.05) is 38.8 Å². The van der Waals surface area contributed by atoms with Crippen molar-refractivity contribution in [3.63, 3.8) is 0 Å². The van der Waals surface area contributed by atoms with Gasteiger partial charge in [-0.3, -0.25) is 9.59 Å². The highest BCUT2D eigenvalue weighted by molar-refractivity contribution is 7.11. The number of benzene rings is 1. The number of hydrogen-bond donors (Lipinski definition) is 0. The number of carbonyl (C=O) groups excluding carboxylic acids is 2. The summed E-state index contributed by atoms with van der Waals surface area (Å²) in [5.74, 6) is 0.186. The summed E-state index contributed by atoms with van der Waals surface area (Å²) in [5.41, 5.74) is 0.877. The zero-order chi connectivity index (χ0) is 22.4. The van der Waals surface area contributed by atoms with Crippen LogP contribution in [0.3, 0.4) is 0 Å². The van der Waals surface area contributed by atoms with E-state index in [1.165, 1.54) is 17.0 Å². The zero-order valence-electron chi connectivity index (χ0n) is 18.8. The molecule has 2 amide bonds. The van der Waals surface area contributed by atoms with Gasteiger partial charge in [-0.15, -0.1) is 11.3 Å². The van der Waals surface area contributed by atoms with Crippen molar-refractivity contribution in [2.24, 2.45) is 11.8 Å². The molecule has 1 aromatic carbocycles. The lowest BCUT2D eigenvalue weighted by molar-refractivity contribution is -0.145. The summed E-state index contributed by atoms with van der Waals surface area (Å²) < 4.78 is 13.3. The average Bonchev–Trinajstić information content (AvgIpc) is 3.11. The van der Waals surface area contributed by atoms with Gasteiger partial charge in [0.15, 0.2) is 0 Å². The molecule has 0 aliphatic heterocycles. The second-order valence-electron chi connectivity index (χ2n) is 8.75. The van der Waals surface area contributed by atoms with Crippen LogP contribution in [0.15, 0.2) is 36.4 Å². The third-order valence-electron chi connectivity index (χ3n) is 6.10. The van der Waals surface area contributed by atoms with E-state index in [1.54, 1.807) is 33.3 Å². The summed E-state index contributed by atoms with van der Waals surface area (Å²) in [7, 11) is 0. The number of aryl methyl sites for hydroxylation is 1. The summed E-state index contributed by atoms with van der Waals surface area (Å²) in [6.07, 6.45) is 3.92. The molecule has 0 spiro atoms. The monoisotopic (exact) mass is 444 g/mol. The van der Waals surface area contributed by atoms with E-state index in [-0.39, 0.29) is 30.1 Å². The molecule has 3 rings (SSSR count). The van der Waals surface area contributed by atoms with Crippen molar-refractivity contribution in [1.29, 1.82) is 0 Å². The van der Waals surface area contributed by atoms with Crippen LogP contribution in [-0.2, 0) is 22.7 Å². The number of amides is 2. The van der Waals surface area contributed by atoms with Crippen LogP contribution >= 0.6 is 11.3 Å². The minimum atomic E-state index is -0.290. The molecule has 0 bridgehead atoms. The van der Waals surface area contributed by atoms with Crippen LogP contribution in [0.2, 0.25) is 0 Å². The lowest BCUT2D eigenvalue weighted by Crippen LogP contribution is -2.47.